The predicted octanol–water partition coefficient (Wildman–Crippen LogP) is 1.31. The van der Waals surface area contributed by atoms with Crippen molar-refractivity contribution in [3.63, 3.8) is 0 Å². The fourth-order valence-corrected chi connectivity index (χ4v) is 5.22. The first kappa shape index (κ1) is 21.8. The zero-order valence-corrected chi connectivity index (χ0v) is 17.6. The normalized spacial score (nSPS) is 27.9. The monoisotopic (exact) mass is 406 g/mol. The van der Waals surface area contributed by atoms with Gasteiger partial charge < -0.3 is 15.4 Å². The molecule has 7 nitrogen and oxygen atoms in total. The summed E-state index contributed by atoms with van der Waals surface area (Å²) in [6, 6.07) is 0.408. The van der Waals surface area contributed by atoms with Crippen LogP contribution in [0.25, 0.3) is 0 Å². The summed E-state index contributed by atoms with van der Waals surface area (Å²) < 4.78 is 32.5. The summed E-state index contributed by atoms with van der Waals surface area (Å²) in [6.45, 7) is 1.43. The van der Waals surface area contributed by atoms with E-state index in [1.807, 2.05) is 11.8 Å². The van der Waals surface area contributed by atoms with Gasteiger partial charge in [0.05, 0.1) is 11.9 Å². The van der Waals surface area contributed by atoms with Crippen LogP contribution in [0.15, 0.2) is 4.99 Å². The molecule has 0 aromatic rings. The molecule has 3 atom stereocenters. The van der Waals surface area contributed by atoms with E-state index >= 15 is 0 Å². The van der Waals surface area contributed by atoms with Crippen LogP contribution in [-0.2, 0) is 14.8 Å². The van der Waals surface area contributed by atoms with Crippen LogP contribution in [0.2, 0.25) is 0 Å². The zero-order valence-electron chi connectivity index (χ0n) is 16.0. The number of ether oxygens (including phenoxy) is 1. The Hall–Kier alpha value is -0.510. The van der Waals surface area contributed by atoms with E-state index < -0.39 is 10.0 Å². The van der Waals surface area contributed by atoms with E-state index in [-0.39, 0.29) is 11.9 Å². The minimum absolute atomic E-state index is 0.0107. The first-order valence-corrected chi connectivity index (χ1v) is 12.6. The van der Waals surface area contributed by atoms with Gasteiger partial charge in [0.15, 0.2) is 5.96 Å². The van der Waals surface area contributed by atoms with Gasteiger partial charge in [0, 0.05) is 38.0 Å². The Bertz CT molecular complexity index is 536. The Balaban J connectivity index is 1.67. The van der Waals surface area contributed by atoms with Crippen LogP contribution in [0, 0.1) is 0 Å². The number of guanidine groups is 1. The number of aliphatic imine (C=N–C) groups is 1. The molecule has 1 aliphatic carbocycles. The molecule has 2 aliphatic rings. The Morgan fingerprint density at radius 1 is 1.23 bits per heavy atom. The molecule has 1 heterocycles. The highest BCUT2D eigenvalue weighted by molar-refractivity contribution is 7.99. The minimum atomic E-state index is -3.31. The Kier molecular flexibility index (Phi) is 9.52. The average Bonchev–Trinajstić information content (AvgIpc) is 2.66. The lowest BCUT2D eigenvalue weighted by Crippen LogP contribution is -2.47. The molecule has 152 valence electrons. The van der Waals surface area contributed by atoms with Crippen LogP contribution in [0.4, 0.5) is 0 Å². The molecule has 1 saturated carbocycles. The van der Waals surface area contributed by atoms with E-state index in [0.717, 1.165) is 38.7 Å². The lowest BCUT2D eigenvalue weighted by molar-refractivity contribution is 0.0200. The first-order chi connectivity index (χ1) is 12.5. The van der Waals surface area contributed by atoms with Crippen molar-refractivity contribution in [2.75, 3.05) is 38.8 Å². The van der Waals surface area contributed by atoms with Gasteiger partial charge in [-0.15, -0.1) is 0 Å². The summed E-state index contributed by atoms with van der Waals surface area (Å²) in [4.78, 5) is 4.22. The van der Waals surface area contributed by atoms with Gasteiger partial charge in [0.2, 0.25) is 10.0 Å². The third kappa shape index (κ3) is 8.02. The lowest BCUT2D eigenvalue weighted by Gasteiger charge is -2.29. The van der Waals surface area contributed by atoms with E-state index in [1.54, 1.807) is 7.05 Å². The van der Waals surface area contributed by atoms with Gasteiger partial charge >= 0.3 is 0 Å². The first-order valence-electron chi connectivity index (χ1n) is 9.61. The molecule has 0 aromatic carbocycles. The maximum Gasteiger partial charge on any atom is 0.213 e. The van der Waals surface area contributed by atoms with Crippen LogP contribution >= 0.6 is 11.8 Å². The highest BCUT2D eigenvalue weighted by atomic mass is 32.2. The molecule has 0 spiro atoms. The SMILES string of the molecule is CN=C(NCCS(=O)(=O)NCC1CCCCO1)NC1CCCC(SC)C1. The van der Waals surface area contributed by atoms with Crippen LogP contribution in [0.1, 0.15) is 44.9 Å². The summed E-state index contributed by atoms with van der Waals surface area (Å²) in [5.74, 6) is 0.709. The van der Waals surface area contributed by atoms with E-state index in [2.05, 4.69) is 26.6 Å². The van der Waals surface area contributed by atoms with Crippen molar-refractivity contribution < 1.29 is 13.2 Å². The van der Waals surface area contributed by atoms with E-state index in [4.69, 9.17) is 4.74 Å². The third-order valence-corrected chi connectivity index (χ3v) is 7.43. The molecule has 0 radical (unpaired) electrons. The summed E-state index contributed by atoms with van der Waals surface area (Å²) in [7, 11) is -1.59. The molecule has 0 amide bonds. The van der Waals surface area contributed by atoms with Gasteiger partial charge in [-0.25, -0.2) is 13.1 Å². The molecule has 9 heteroatoms. The van der Waals surface area contributed by atoms with Crippen LogP contribution in [0.3, 0.4) is 0 Å². The van der Waals surface area contributed by atoms with Crippen molar-refractivity contribution in [2.24, 2.45) is 4.99 Å². The number of nitrogens with one attached hydrogen (secondary N) is 3. The summed E-state index contributed by atoms with van der Waals surface area (Å²) in [5.41, 5.74) is 0. The molecule has 3 N–H and O–H groups in total. The predicted molar refractivity (Wildman–Crippen MR) is 109 cm³/mol. The van der Waals surface area contributed by atoms with Crippen molar-refractivity contribution in [3.05, 3.63) is 0 Å². The highest BCUT2D eigenvalue weighted by Gasteiger charge is 2.22. The number of nitrogens with zero attached hydrogens (tertiary/aromatic N) is 1. The number of rotatable bonds is 8. The lowest BCUT2D eigenvalue weighted by atomic mass is 9.95. The molecule has 0 aromatic heterocycles. The topological polar surface area (TPSA) is 91.8 Å². The Morgan fingerprint density at radius 2 is 2.08 bits per heavy atom. The second-order valence-electron chi connectivity index (χ2n) is 7.02. The van der Waals surface area contributed by atoms with Crippen LogP contribution in [-0.4, -0.2) is 70.5 Å². The maximum atomic E-state index is 12.1. The molecule has 1 aliphatic heterocycles. The number of hydrogen-bond acceptors (Lipinski definition) is 5. The summed E-state index contributed by atoms with van der Waals surface area (Å²) in [6.07, 6.45) is 10.0. The van der Waals surface area contributed by atoms with Gasteiger partial charge in [-0.05, 0) is 44.8 Å². The van der Waals surface area contributed by atoms with Gasteiger partial charge in [-0.1, -0.05) is 6.42 Å². The minimum Gasteiger partial charge on any atom is -0.377 e. The average molecular weight is 407 g/mol. The van der Waals surface area contributed by atoms with Gasteiger partial charge in [0.1, 0.15) is 0 Å². The van der Waals surface area contributed by atoms with Gasteiger partial charge in [0.25, 0.3) is 0 Å². The Labute approximate surface area is 162 Å². The van der Waals surface area contributed by atoms with Gasteiger partial charge in [-0.3, -0.25) is 4.99 Å². The third-order valence-electron chi connectivity index (χ3n) is 4.99. The summed E-state index contributed by atoms with van der Waals surface area (Å²) in [5, 5.41) is 7.26. The molecular formula is C17H34N4O3S2. The van der Waals surface area contributed by atoms with E-state index in [9.17, 15) is 8.42 Å². The molecular weight excluding hydrogens is 372 g/mol. The second-order valence-corrected chi connectivity index (χ2v) is 10.1. The van der Waals surface area contributed by atoms with E-state index in [1.165, 1.54) is 12.8 Å². The second kappa shape index (κ2) is 11.4. The fraction of sp³-hybridized carbons (Fsp3) is 0.941. The molecule has 3 unspecified atom stereocenters. The van der Waals surface area contributed by atoms with Crippen LogP contribution < -0.4 is 15.4 Å². The molecule has 26 heavy (non-hydrogen) atoms. The number of hydrogen-bond donors (Lipinski definition) is 3. The summed E-state index contributed by atoms with van der Waals surface area (Å²) >= 11 is 1.92. The van der Waals surface area contributed by atoms with Crippen molar-refractivity contribution >= 4 is 27.7 Å². The van der Waals surface area contributed by atoms with Crippen LogP contribution in [0.5, 0.6) is 0 Å². The number of sulfonamides is 1. The van der Waals surface area contributed by atoms with Crippen molar-refractivity contribution in [1.29, 1.82) is 0 Å². The number of thioether (sulfide) groups is 1. The maximum absolute atomic E-state index is 12.1. The van der Waals surface area contributed by atoms with E-state index in [0.29, 0.717) is 30.3 Å². The quantitative estimate of drug-likeness (QED) is 0.416. The highest BCUT2D eigenvalue weighted by Crippen LogP contribution is 2.26. The molecule has 2 rings (SSSR count). The zero-order chi connectivity index (χ0) is 18.8. The van der Waals surface area contributed by atoms with Crippen molar-refractivity contribution in [2.45, 2.75) is 62.3 Å². The smallest absolute Gasteiger partial charge is 0.213 e. The largest absolute Gasteiger partial charge is 0.377 e. The van der Waals surface area contributed by atoms with Gasteiger partial charge in [-0.2, -0.15) is 11.8 Å². The molecule has 2 fully saturated rings. The molecule has 0 bridgehead atoms. The molecule has 1 saturated heterocycles. The van der Waals surface area contributed by atoms with Crippen molar-refractivity contribution in [3.8, 4) is 0 Å². The fourth-order valence-electron chi connectivity index (χ4n) is 3.44. The Morgan fingerprint density at radius 3 is 2.77 bits per heavy atom. The standard InChI is InChI=1S/C17H34N4O3S2/c1-18-17(21-14-6-5-8-16(12-14)25-2)19-9-11-26(22,23)20-13-15-7-3-4-10-24-15/h14-16,20H,3-13H2,1-2H3,(H2,18,19,21). The van der Waals surface area contributed by atoms with Crippen molar-refractivity contribution in [1.82, 2.24) is 15.4 Å².